The van der Waals surface area contributed by atoms with Gasteiger partial charge in [-0.15, -0.1) is 0 Å². The summed E-state index contributed by atoms with van der Waals surface area (Å²) in [6.07, 6.45) is 9.90. The number of likely N-dealkylation sites (tertiary alicyclic amines) is 1. The first-order valence-corrected chi connectivity index (χ1v) is 13.4. The summed E-state index contributed by atoms with van der Waals surface area (Å²) in [6, 6.07) is 6.60. The first-order chi connectivity index (χ1) is 16.9. The minimum atomic E-state index is -0.251. The van der Waals surface area contributed by atoms with E-state index in [4.69, 9.17) is 0 Å². The molecule has 5 aliphatic rings. The van der Waals surface area contributed by atoms with Gasteiger partial charge >= 0.3 is 0 Å². The summed E-state index contributed by atoms with van der Waals surface area (Å²) >= 11 is 0. The predicted octanol–water partition coefficient (Wildman–Crippen LogP) is 3.45. The van der Waals surface area contributed by atoms with Crippen LogP contribution in [-0.2, 0) is 20.8 Å². The number of rotatable bonds is 8. The molecule has 0 radical (unpaired) electrons. The van der Waals surface area contributed by atoms with Crippen molar-refractivity contribution in [3.63, 3.8) is 0 Å². The largest absolute Gasteiger partial charge is 0.356 e. The summed E-state index contributed by atoms with van der Waals surface area (Å²) < 4.78 is 13.7. The molecule has 1 saturated heterocycles. The van der Waals surface area contributed by atoms with Crippen molar-refractivity contribution in [2.45, 2.75) is 64.2 Å². The van der Waals surface area contributed by atoms with Crippen LogP contribution in [0.15, 0.2) is 24.3 Å². The molecule has 3 amide bonds. The summed E-state index contributed by atoms with van der Waals surface area (Å²) in [6.45, 7) is 1.49. The Morgan fingerprint density at radius 2 is 1.57 bits per heavy atom. The SMILES string of the molecule is O=C(CC12CC3CC(CC(C3)C1)C2)NCC(=O)N1CCC(C(=O)NCCc2ccccc2F)CC1. The number of halogens is 1. The van der Waals surface area contributed by atoms with Crippen molar-refractivity contribution in [1.29, 1.82) is 0 Å². The van der Waals surface area contributed by atoms with Gasteiger partial charge in [-0.3, -0.25) is 14.4 Å². The zero-order valence-electron chi connectivity index (χ0n) is 20.6. The Morgan fingerprint density at radius 3 is 2.20 bits per heavy atom. The maximum Gasteiger partial charge on any atom is 0.241 e. The molecule has 2 N–H and O–H groups in total. The van der Waals surface area contributed by atoms with E-state index in [1.165, 1.54) is 44.6 Å². The van der Waals surface area contributed by atoms with E-state index >= 15 is 0 Å². The Balaban J connectivity index is 0.999. The molecule has 0 aromatic heterocycles. The average molecular weight is 484 g/mol. The first-order valence-electron chi connectivity index (χ1n) is 13.4. The standard InChI is InChI=1S/C28H38FN3O3/c29-24-4-2-1-3-22(24)5-8-30-27(35)23-6-9-32(10-7-23)26(34)18-31-25(33)17-28-14-19-11-20(15-28)13-21(12-19)16-28/h1-4,19-21,23H,5-18H2,(H,30,35)(H,31,33). The van der Waals surface area contributed by atoms with Crippen LogP contribution in [0.2, 0.25) is 0 Å². The molecule has 1 heterocycles. The Kier molecular flexibility index (Phi) is 7.12. The molecule has 1 aromatic carbocycles. The maximum absolute atomic E-state index is 13.7. The lowest BCUT2D eigenvalue weighted by atomic mass is 9.49. The smallest absolute Gasteiger partial charge is 0.241 e. The van der Waals surface area contributed by atoms with Gasteiger partial charge in [-0.1, -0.05) is 18.2 Å². The molecule has 4 bridgehead atoms. The third kappa shape index (κ3) is 5.70. The fourth-order valence-electron chi connectivity index (χ4n) is 7.75. The summed E-state index contributed by atoms with van der Waals surface area (Å²) in [4.78, 5) is 39.7. The molecule has 6 nitrogen and oxygen atoms in total. The van der Waals surface area contributed by atoms with Crippen molar-refractivity contribution in [3.8, 4) is 0 Å². The molecule has 35 heavy (non-hydrogen) atoms. The van der Waals surface area contributed by atoms with Crippen LogP contribution in [0.3, 0.4) is 0 Å². The lowest BCUT2D eigenvalue weighted by molar-refractivity contribution is -0.137. The molecule has 0 atom stereocenters. The first kappa shape index (κ1) is 24.3. The maximum atomic E-state index is 13.7. The Labute approximate surface area is 207 Å². The van der Waals surface area contributed by atoms with Crippen LogP contribution >= 0.6 is 0 Å². The second-order valence-corrected chi connectivity index (χ2v) is 11.7. The van der Waals surface area contributed by atoms with E-state index in [1.54, 1.807) is 23.1 Å². The van der Waals surface area contributed by atoms with E-state index in [2.05, 4.69) is 10.6 Å². The molecular formula is C28H38FN3O3. The van der Waals surface area contributed by atoms with Gasteiger partial charge in [0.2, 0.25) is 17.7 Å². The van der Waals surface area contributed by atoms with Crippen LogP contribution in [0.1, 0.15) is 63.4 Å². The van der Waals surface area contributed by atoms with E-state index in [0.29, 0.717) is 50.9 Å². The van der Waals surface area contributed by atoms with Gasteiger partial charge in [0, 0.05) is 32.0 Å². The second-order valence-electron chi connectivity index (χ2n) is 11.7. The molecule has 0 unspecified atom stereocenters. The molecule has 6 rings (SSSR count). The topological polar surface area (TPSA) is 78.5 Å². The number of hydrogen-bond acceptors (Lipinski definition) is 3. The van der Waals surface area contributed by atoms with E-state index in [1.807, 2.05) is 0 Å². The van der Waals surface area contributed by atoms with Gasteiger partial charge in [-0.25, -0.2) is 4.39 Å². The number of carbonyl (C=O) groups excluding carboxylic acids is 3. The molecular weight excluding hydrogens is 445 g/mol. The average Bonchev–Trinajstić information content (AvgIpc) is 2.82. The van der Waals surface area contributed by atoms with Crippen LogP contribution in [0.25, 0.3) is 0 Å². The highest BCUT2D eigenvalue weighted by Crippen LogP contribution is 2.61. The molecule has 4 aliphatic carbocycles. The van der Waals surface area contributed by atoms with Crippen molar-refractivity contribution >= 4 is 17.7 Å². The molecule has 190 valence electrons. The number of amides is 3. The monoisotopic (exact) mass is 483 g/mol. The lowest BCUT2D eigenvalue weighted by Gasteiger charge is -2.56. The molecule has 5 fully saturated rings. The van der Waals surface area contributed by atoms with E-state index in [9.17, 15) is 18.8 Å². The van der Waals surface area contributed by atoms with Crippen molar-refractivity contribution in [2.75, 3.05) is 26.2 Å². The second kappa shape index (κ2) is 10.3. The van der Waals surface area contributed by atoms with Crippen molar-refractivity contribution < 1.29 is 18.8 Å². The summed E-state index contributed by atoms with van der Waals surface area (Å²) in [5.74, 6) is 1.98. The highest BCUT2D eigenvalue weighted by Gasteiger charge is 2.51. The quantitative estimate of drug-likeness (QED) is 0.595. The van der Waals surface area contributed by atoms with E-state index in [0.717, 1.165) is 17.8 Å². The Hall–Kier alpha value is -2.44. The highest BCUT2D eigenvalue weighted by atomic mass is 19.1. The van der Waals surface area contributed by atoms with E-state index < -0.39 is 0 Å². The number of hydrogen-bond donors (Lipinski definition) is 2. The normalized spacial score (nSPS) is 29.7. The van der Waals surface area contributed by atoms with Crippen LogP contribution in [0, 0.1) is 34.9 Å². The van der Waals surface area contributed by atoms with Gasteiger partial charge in [-0.2, -0.15) is 0 Å². The fraction of sp³-hybridized carbons (Fsp3) is 0.679. The molecule has 1 aliphatic heterocycles. The van der Waals surface area contributed by atoms with Crippen molar-refractivity contribution in [3.05, 3.63) is 35.6 Å². The third-order valence-electron chi connectivity index (χ3n) is 9.01. The van der Waals surface area contributed by atoms with Crippen molar-refractivity contribution in [1.82, 2.24) is 15.5 Å². The Bertz CT molecular complexity index is 921. The molecule has 7 heteroatoms. The molecule has 1 aromatic rings. The summed E-state index contributed by atoms with van der Waals surface area (Å²) in [5, 5.41) is 5.80. The summed E-state index contributed by atoms with van der Waals surface area (Å²) in [7, 11) is 0. The minimum Gasteiger partial charge on any atom is -0.356 e. The van der Waals surface area contributed by atoms with Gasteiger partial charge in [-0.05, 0) is 92.6 Å². The minimum absolute atomic E-state index is 0.0180. The number of nitrogens with zero attached hydrogens (tertiary/aromatic N) is 1. The van der Waals surface area contributed by atoms with Gasteiger partial charge in [0.1, 0.15) is 5.82 Å². The highest BCUT2D eigenvalue weighted by molar-refractivity contribution is 5.85. The van der Waals surface area contributed by atoms with Gasteiger partial charge in [0.25, 0.3) is 0 Å². The number of carbonyl (C=O) groups is 3. The van der Waals surface area contributed by atoms with Crippen molar-refractivity contribution in [2.24, 2.45) is 29.1 Å². The molecule has 0 spiro atoms. The Morgan fingerprint density at radius 1 is 0.943 bits per heavy atom. The predicted molar refractivity (Wildman–Crippen MR) is 131 cm³/mol. The van der Waals surface area contributed by atoms with Gasteiger partial charge in [0.15, 0.2) is 0 Å². The third-order valence-corrected chi connectivity index (χ3v) is 9.01. The number of benzene rings is 1. The zero-order chi connectivity index (χ0) is 24.4. The molecule has 4 saturated carbocycles. The van der Waals surface area contributed by atoms with Gasteiger partial charge in [0.05, 0.1) is 6.54 Å². The summed E-state index contributed by atoms with van der Waals surface area (Å²) in [5.41, 5.74) is 0.776. The fourth-order valence-corrected chi connectivity index (χ4v) is 7.75. The van der Waals surface area contributed by atoms with Crippen LogP contribution in [0.4, 0.5) is 4.39 Å². The van der Waals surface area contributed by atoms with Crippen LogP contribution in [0.5, 0.6) is 0 Å². The zero-order valence-corrected chi connectivity index (χ0v) is 20.6. The van der Waals surface area contributed by atoms with Crippen LogP contribution in [-0.4, -0.2) is 48.8 Å². The van der Waals surface area contributed by atoms with Crippen LogP contribution < -0.4 is 10.6 Å². The van der Waals surface area contributed by atoms with E-state index in [-0.39, 0.29) is 41.4 Å². The number of piperidine rings is 1. The lowest BCUT2D eigenvalue weighted by Crippen LogP contribution is -2.49. The number of nitrogens with one attached hydrogen (secondary N) is 2. The van der Waals surface area contributed by atoms with Gasteiger partial charge < -0.3 is 15.5 Å².